The molecule has 0 saturated carbocycles. The molecule has 0 bridgehead atoms. The van der Waals surface area contributed by atoms with E-state index < -0.39 is 0 Å². The summed E-state index contributed by atoms with van der Waals surface area (Å²) in [5.74, 6) is 0. The molecule has 0 aliphatic carbocycles. The Hall–Kier alpha value is -1.83. The topological polar surface area (TPSA) is 28.7 Å². The lowest BCUT2D eigenvalue weighted by atomic mass is 10.1. The summed E-state index contributed by atoms with van der Waals surface area (Å²) in [4.78, 5) is 7.29. The smallest absolute Gasteiger partial charge is 0.0460 e. The number of aromatic nitrogens is 2. The Bertz CT molecular complexity index is 517. The van der Waals surface area contributed by atoms with Crippen LogP contribution in [0.5, 0.6) is 0 Å². The van der Waals surface area contributed by atoms with Crippen LogP contribution in [-0.4, -0.2) is 9.97 Å². The summed E-state index contributed by atoms with van der Waals surface area (Å²) < 4.78 is 0. The zero-order valence-electron chi connectivity index (χ0n) is 6.99. The van der Waals surface area contributed by atoms with Gasteiger partial charge in [-0.3, -0.25) is 4.98 Å². The van der Waals surface area contributed by atoms with Crippen LogP contribution < -0.4 is 0 Å². The summed E-state index contributed by atoms with van der Waals surface area (Å²) in [6, 6.07) is 8.39. The van der Waals surface area contributed by atoms with Gasteiger partial charge in [0.05, 0.1) is 0 Å². The predicted molar refractivity (Wildman–Crippen MR) is 53.6 cm³/mol. The Morgan fingerprint density at radius 3 is 3.00 bits per heavy atom. The fraction of sp³-hybridized carbons (Fsp3) is 0. The lowest BCUT2D eigenvalue weighted by Gasteiger charge is -1.96. The van der Waals surface area contributed by atoms with Crippen molar-refractivity contribution in [3.05, 3.63) is 42.9 Å². The maximum atomic E-state index is 4.09. The molecule has 0 amide bonds. The lowest BCUT2D eigenvalue weighted by Crippen LogP contribution is -1.75. The zero-order valence-corrected chi connectivity index (χ0v) is 6.99. The van der Waals surface area contributed by atoms with Gasteiger partial charge < -0.3 is 4.98 Å². The molecule has 0 saturated heterocycles. The molecule has 2 heteroatoms. The number of rotatable bonds is 0. The molecule has 0 aliphatic heterocycles. The molecule has 13 heavy (non-hydrogen) atoms. The summed E-state index contributed by atoms with van der Waals surface area (Å²) in [6.07, 6.45) is 5.66. The van der Waals surface area contributed by atoms with Crippen molar-refractivity contribution in [2.24, 2.45) is 0 Å². The van der Waals surface area contributed by atoms with Crippen LogP contribution in [0.3, 0.4) is 0 Å². The van der Waals surface area contributed by atoms with Crippen molar-refractivity contribution in [2.75, 3.05) is 0 Å². The molecule has 0 spiro atoms. The first-order chi connectivity index (χ1) is 6.43. The maximum absolute atomic E-state index is 4.09. The zero-order chi connectivity index (χ0) is 8.67. The van der Waals surface area contributed by atoms with Crippen molar-refractivity contribution in [3.63, 3.8) is 0 Å². The minimum atomic E-state index is 1.18. The lowest BCUT2D eigenvalue weighted by molar-refractivity contribution is 1.37. The summed E-state index contributed by atoms with van der Waals surface area (Å²) in [6.45, 7) is 0. The first-order valence-corrected chi connectivity index (χ1v) is 4.24. The van der Waals surface area contributed by atoms with E-state index >= 15 is 0 Å². The molecular formula is C11H8N2. The SMILES string of the molecule is c1cc2cc3[nH]ccc3cc2cn1. The number of pyridine rings is 1. The molecule has 3 aromatic rings. The van der Waals surface area contributed by atoms with E-state index in [-0.39, 0.29) is 0 Å². The first-order valence-electron chi connectivity index (χ1n) is 4.24. The third kappa shape index (κ3) is 0.920. The molecule has 0 aliphatic rings. The van der Waals surface area contributed by atoms with E-state index in [0.717, 1.165) is 0 Å². The van der Waals surface area contributed by atoms with Crippen LogP contribution in [0.2, 0.25) is 0 Å². The maximum Gasteiger partial charge on any atom is 0.0460 e. The highest BCUT2D eigenvalue weighted by molar-refractivity contribution is 5.96. The molecule has 2 heterocycles. The van der Waals surface area contributed by atoms with Crippen molar-refractivity contribution in [2.45, 2.75) is 0 Å². The molecule has 0 atom stereocenters. The van der Waals surface area contributed by atoms with Gasteiger partial charge in [-0.05, 0) is 29.7 Å². The first kappa shape index (κ1) is 6.66. The van der Waals surface area contributed by atoms with Gasteiger partial charge in [0, 0.05) is 34.9 Å². The Balaban J connectivity index is 2.57. The van der Waals surface area contributed by atoms with Crippen molar-refractivity contribution < 1.29 is 0 Å². The van der Waals surface area contributed by atoms with Crippen LogP contribution in [0.1, 0.15) is 0 Å². The van der Waals surface area contributed by atoms with Crippen molar-refractivity contribution in [1.29, 1.82) is 0 Å². The molecule has 0 unspecified atom stereocenters. The number of nitrogens with zero attached hydrogens (tertiary/aromatic N) is 1. The van der Waals surface area contributed by atoms with Gasteiger partial charge in [0.1, 0.15) is 0 Å². The third-order valence-electron chi connectivity index (χ3n) is 2.31. The van der Waals surface area contributed by atoms with E-state index in [0.29, 0.717) is 0 Å². The number of benzene rings is 1. The Labute approximate surface area is 75.2 Å². The standard InChI is InChI=1S/C11H8N2/c1-3-12-7-10-5-9-2-4-13-11(9)6-8(1)10/h1-7,13H. The Kier molecular flexibility index (Phi) is 1.19. The average Bonchev–Trinajstić information content (AvgIpc) is 2.61. The second kappa shape index (κ2) is 2.33. The summed E-state index contributed by atoms with van der Waals surface area (Å²) >= 11 is 0. The van der Waals surface area contributed by atoms with Crippen LogP contribution >= 0.6 is 0 Å². The second-order valence-electron chi connectivity index (χ2n) is 3.14. The Morgan fingerprint density at radius 1 is 1.00 bits per heavy atom. The number of hydrogen-bond donors (Lipinski definition) is 1. The van der Waals surface area contributed by atoms with Gasteiger partial charge in [-0.2, -0.15) is 0 Å². The van der Waals surface area contributed by atoms with Gasteiger partial charge in [0.15, 0.2) is 0 Å². The van der Waals surface area contributed by atoms with E-state index in [1.165, 1.54) is 21.7 Å². The quantitative estimate of drug-likeness (QED) is 0.549. The van der Waals surface area contributed by atoms with E-state index in [1.54, 1.807) is 0 Å². The molecule has 2 nitrogen and oxygen atoms in total. The fourth-order valence-electron chi connectivity index (χ4n) is 1.64. The molecule has 3 rings (SSSR count). The average molecular weight is 168 g/mol. The van der Waals surface area contributed by atoms with Gasteiger partial charge in [-0.25, -0.2) is 0 Å². The predicted octanol–water partition coefficient (Wildman–Crippen LogP) is 2.72. The summed E-state index contributed by atoms with van der Waals surface area (Å²) in [5.41, 5.74) is 1.18. The fourth-order valence-corrected chi connectivity index (χ4v) is 1.64. The number of fused-ring (bicyclic) bond motifs is 2. The van der Waals surface area contributed by atoms with Crippen LogP contribution in [0.4, 0.5) is 0 Å². The van der Waals surface area contributed by atoms with Crippen LogP contribution in [0, 0.1) is 0 Å². The molecular weight excluding hydrogens is 160 g/mol. The highest BCUT2D eigenvalue weighted by Crippen LogP contribution is 2.20. The van der Waals surface area contributed by atoms with Gasteiger partial charge >= 0.3 is 0 Å². The number of H-pyrrole nitrogens is 1. The van der Waals surface area contributed by atoms with E-state index in [4.69, 9.17) is 0 Å². The summed E-state index contributed by atoms with van der Waals surface area (Å²) in [5, 5.41) is 3.65. The normalized spacial score (nSPS) is 11.1. The largest absolute Gasteiger partial charge is 0.361 e. The number of nitrogens with one attached hydrogen (secondary N) is 1. The summed E-state index contributed by atoms with van der Waals surface area (Å²) in [7, 11) is 0. The monoisotopic (exact) mass is 168 g/mol. The minimum Gasteiger partial charge on any atom is -0.361 e. The highest BCUT2D eigenvalue weighted by atomic mass is 14.7. The van der Waals surface area contributed by atoms with E-state index in [1.807, 2.05) is 24.7 Å². The van der Waals surface area contributed by atoms with Crippen molar-refractivity contribution in [1.82, 2.24) is 9.97 Å². The molecule has 0 radical (unpaired) electrons. The Morgan fingerprint density at radius 2 is 2.00 bits per heavy atom. The molecule has 62 valence electrons. The van der Waals surface area contributed by atoms with Crippen molar-refractivity contribution >= 4 is 21.7 Å². The van der Waals surface area contributed by atoms with Crippen LogP contribution in [-0.2, 0) is 0 Å². The molecule has 0 fully saturated rings. The molecule has 1 aromatic carbocycles. The van der Waals surface area contributed by atoms with Gasteiger partial charge in [0.25, 0.3) is 0 Å². The number of aromatic amines is 1. The molecule has 2 aromatic heterocycles. The molecule has 1 N–H and O–H groups in total. The van der Waals surface area contributed by atoms with Crippen LogP contribution in [0.15, 0.2) is 42.9 Å². The second-order valence-corrected chi connectivity index (χ2v) is 3.14. The van der Waals surface area contributed by atoms with Crippen molar-refractivity contribution in [3.8, 4) is 0 Å². The van der Waals surface area contributed by atoms with Gasteiger partial charge in [-0.1, -0.05) is 0 Å². The van der Waals surface area contributed by atoms with Gasteiger partial charge in [0.2, 0.25) is 0 Å². The third-order valence-corrected chi connectivity index (χ3v) is 2.31. The van der Waals surface area contributed by atoms with Gasteiger partial charge in [-0.15, -0.1) is 0 Å². The number of hydrogen-bond acceptors (Lipinski definition) is 1. The van der Waals surface area contributed by atoms with Crippen LogP contribution in [0.25, 0.3) is 21.7 Å². The van der Waals surface area contributed by atoms with E-state index in [9.17, 15) is 0 Å². The minimum absolute atomic E-state index is 1.18. The van der Waals surface area contributed by atoms with E-state index in [2.05, 4.69) is 28.2 Å². The highest BCUT2D eigenvalue weighted by Gasteiger charge is 1.96.